The van der Waals surface area contributed by atoms with Crippen LogP contribution in [0.5, 0.6) is 0 Å². The number of thiocarbonyl (C=S) groups is 1. The first kappa shape index (κ1) is 19.9. The van der Waals surface area contributed by atoms with Gasteiger partial charge in [-0.05, 0) is 36.8 Å². The minimum Gasteiger partial charge on any atom is -0.346 e. The number of anilines is 1. The number of halogens is 3. The summed E-state index contributed by atoms with van der Waals surface area (Å²) < 4.78 is 38.6. The van der Waals surface area contributed by atoms with Crippen LogP contribution in [0.4, 0.5) is 23.7 Å². The number of amides is 2. The van der Waals surface area contributed by atoms with Crippen LogP contribution in [0.2, 0.25) is 0 Å². The maximum absolute atomic E-state index is 12.9. The number of urea groups is 1. The summed E-state index contributed by atoms with van der Waals surface area (Å²) in [7, 11) is 1.61. The lowest BCUT2D eigenvalue weighted by Crippen LogP contribution is -2.46. The fourth-order valence-electron chi connectivity index (χ4n) is 2.96. The Balaban J connectivity index is 1.98. The molecule has 8 heteroatoms. The first-order chi connectivity index (χ1) is 13.2. The highest BCUT2D eigenvalue weighted by Gasteiger charge is 2.34. The van der Waals surface area contributed by atoms with E-state index in [1.54, 1.807) is 14.0 Å². The summed E-state index contributed by atoms with van der Waals surface area (Å²) in [5.41, 5.74) is 1.80. The van der Waals surface area contributed by atoms with Crippen molar-refractivity contribution in [3.8, 4) is 0 Å². The summed E-state index contributed by atoms with van der Waals surface area (Å²) in [5.74, 6) is 0. The Labute approximate surface area is 166 Å². The van der Waals surface area contributed by atoms with Crippen molar-refractivity contribution in [2.24, 2.45) is 0 Å². The second-order valence-corrected chi connectivity index (χ2v) is 6.79. The molecule has 1 heterocycles. The maximum atomic E-state index is 12.9. The molecule has 0 bridgehead atoms. The van der Waals surface area contributed by atoms with Gasteiger partial charge in [0.25, 0.3) is 0 Å². The molecular weight excluding hydrogens is 387 g/mol. The molecule has 1 atom stereocenters. The van der Waals surface area contributed by atoms with E-state index in [9.17, 15) is 18.0 Å². The second kappa shape index (κ2) is 7.63. The SMILES string of the molecule is CC1=C(C(=S)Nc2ccccc2)[C@@H](c2ccc(C(F)(F)F)cc2)NC(=O)N1C. The van der Waals surface area contributed by atoms with E-state index in [1.165, 1.54) is 17.0 Å². The summed E-state index contributed by atoms with van der Waals surface area (Å²) in [6.07, 6.45) is -4.42. The van der Waals surface area contributed by atoms with Crippen LogP contribution >= 0.6 is 12.2 Å². The van der Waals surface area contributed by atoms with E-state index < -0.39 is 17.8 Å². The molecule has 0 radical (unpaired) electrons. The van der Waals surface area contributed by atoms with Crippen molar-refractivity contribution in [1.82, 2.24) is 10.2 Å². The van der Waals surface area contributed by atoms with Gasteiger partial charge in [0.2, 0.25) is 0 Å². The number of carbonyl (C=O) groups excluding carboxylic acids is 1. The van der Waals surface area contributed by atoms with Gasteiger partial charge in [0, 0.05) is 24.0 Å². The fourth-order valence-corrected chi connectivity index (χ4v) is 3.35. The van der Waals surface area contributed by atoms with Crippen molar-refractivity contribution in [1.29, 1.82) is 0 Å². The van der Waals surface area contributed by atoms with Crippen LogP contribution in [0.3, 0.4) is 0 Å². The molecule has 1 aliphatic heterocycles. The number of carbonyl (C=O) groups is 1. The molecular formula is C20H18F3N3OS. The summed E-state index contributed by atoms with van der Waals surface area (Å²) in [6, 6.07) is 13.0. The Kier molecular flexibility index (Phi) is 5.42. The Bertz CT molecular complexity index is 924. The Hall–Kier alpha value is -2.87. The van der Waals surface area contributed by atoms with Crippen molar-refractivity contribution in [3.63, 3.8) is 0 Å². The van der Waals surface area contributed by atoms with Gasteiger partial charge in [-0.15, -0.1) is 0 Å². The lowest BCUT2D eigenvalue weighted by molar-refractivity contribution is -0.137. The summed E-state index contributed by atoms with van der Waals surface area (Å²) in [6.45, 7) is 1.75. The number of hydrogen-bond donors (Lipinski definition) is 2. The molecule has 2 N–H and O–H groups in total. The van der Waals surface area contributed by atoms with E-state index in [0.29, 0.717) is 21.8 Å². The average Bonchev–Trinajstić information content (AvgIpc) is 2.66. The minimum atomic E-state index is -4.42. The van der Waals surface area contributed by atoms with Gasteiger partial charge in [0.15, 0.2) is 0 Å². The predicted octanol–water partition coefficient (Wildman–Crippen LogP) is 5.12. The summed E-state index contributed by atoms with van der Waals surface area (Å²) in [5, 5.41) is 5.94. The maximum Gasteiger partial charge on any atom is 0.416 e. The third kappa shape index (κ3) is 4.01. The number of nitrogens with zero attached hydrogens (tertiary/aromatic N) is 1. The Morgan fingerprint density at radius 2 is 1.71 bits per heavy atom. The van der Waals surface area contributed by atoms with Crippen molar-refractivity contribution in [2.45, 2.75) is 19.1 Å². The number of nitrogens with one attached hydrogen (secondary N) is 2. The van der Waals surface area contributed by atoms with Crippen molar-refractivity contribution in [3.05, 3.63) is 77.0 Å². The van der Waals surface area contributed by atoms with Gasteiger partial charge >= 0.3 is 12.2 Å². The van der Waals surface area contributed by atoms with Gasteiger partial charge in [0.05, 0.1) is 11.6 Å². The van der Waals surface area contributed by atoms with Crippen LogP contribution in [0.15, 0.2) is 65.9 Å². The zero-order valence-corrected chi connectivity index (χ0v) is 16.0. The quantitative estimate of drug-likeness (QED) is 0.697. The molecule has 0 fully saturated rings. The summed E-state index contributed by atoms with van der Waals surface area (Å²) >= 11 is 5.56. The number of alkyl halides is 3. The molecule has 2 aromatic rings. The Morgan fingerprint density at radius 1 is 1.11 bits per heavy atom. The number of para-hydroxylation sites is 1. The molecule has 0 aliphatic carbocycles. The van der Waals surface area contributed by atoms with E-state index in [-0.39, 0.29) is 6.03 Å². The lowest BCUT2D eigenvalue weighted by atomic mass is 9.94. The molecule has 28 heavy (non-hydrogen) atoms. The second-order valence-electron chi connectivity index (χ2n) is 6.38. The van der Waals surface area contributed by atoms with Crippen LogP contribution in [-0.2, 0) is 6.18 Å². The highest BCUT2D eigenvalue weighted by molar-refractivity contribution is 7.81. The molecule has 2 aromatic carbocycles. The van der Waals surface area contributed by atoms with Crippen LogP contribution in [0.25, 0.3) is 0 Å². The Morgan fingerprint density at radius 3 is 2.29 bits per heavy atom. The number of allylic oxidation sites excluding steroid dienone is 1. The number of hydrogen-bond acceptors (Lipinski definition) is 2. The van der Waals surface area contributed by atoms with Gasteiger partial charge in [-0.25, -0.2) is 4.79 Å². The summed E-state index contributed by atoms with van der Waals surface area (Å²) in [4.78, 5) is 14.1. The predicted molar refractivity (Wildman–Crippen MR) is 106 cm³/mol. The molecule has 0 saturated heterocycles. The fraction of sp³-hybridized carbons (Fsp3) is 0.200. The van der Waals surface area contributed by atoms with Crippen molar-refractivity contribution < 1.29 is 18.0 Å². The first-order valence-corrected chi connectivity index (χ1v) is 8.88. The van der Waals surface area contributed by atoms with Crippen LogP contribution in [0, 0.1) is 0 Å². The van der Waals surface area contributed by atoms with Crippen molar-refractivity contribution >= 4 is 28.9 Å². The zero-order chi connectivity index (χ0) is 20.5. The van der Waals surface area contributed by atoms with E-state index >= 15 is 0 Å². The number of rotatable bonds is 3. The highest BCUT2D eigenvalue weighted by atomic mass is 32.1. The van der Waals surface area contributed by atoms with Gasteiger partial charge < -0.3 is 15.5 Å². The zero-order valence-electron chi connectivity index (χ0n) is 15.2. The minimum absolute atomic E-state index is 0.353. The van der Waals surface area contributed by atoms with Gasteiger partial charge in [-0.2, -0.15) is 13.2 Å². The van der Waals surface area contributed by atoms with E-state index in [1.807, 2.05) is 30.3 Å². The molecule has 0 saturated carbocycles. The van der Waals surface area contributed by atoms with E-state index in [0.717, 1.165) is 17.8 Å². The third-order valence-electron chi connectivity index (χ3n) is 4.60. The topological polar surface area (TPSA) is 44.4 Å². The number of benzene rings is 2. The van der Waals surface area contributed by atoms with Crippen LogP contribution in [0.1, 0.15) is 24.1 Å². The monoisotopic (exact) mass is 405 g/mol. The standard InChI is InChI=1S/C20H18F3N3OS/c1-12-16(18(28)24-15-6-4-3-5-7-15)17(25-19(27)26(12)2)13-8-10-14(11-9-13)20(21,22)23/h3-11,17H,1-2H3,(H,24,28)(H,25,27)/t17-/m1/s1. The van der Waals surface area contributed by atoms with Gasteiger partial charge in [-0.1, -0.05) is 42.5 Å². The van der Waals surface area contributed by atoms with Gasteiger partial charge in [0.1, 0.15) is 4.99 Å². The van der Waals surface area contributed by atoms with E-state index in [4.69, 9.17) is 12.2 Å². The molecule has 2 amide bonds. The first-order valence-electron chi connectivity index (χ1n) is 8.47. The van der Waals surface area contributed by atoms with E-state index in [2.05, 4.69) is 10.6 Å². The molecule has 4 nitrogen and oxygen atoms in total. The molecule has 0 spiro atoms. The lowest BCUT2D eigenvalue weighted by Gasteiger charge is -2.35. The highest BCUT2D eigenvalue weighted by Crippen LogP contribution is 2.34. The van der Waals surface area contributed by atoms with Crippen LogP contribution < -0.4 is 10.6 Å². The molecule has 0 aromatic heterocycles. The molecule has 146 valence electrons. The third-order valence-corrected chi connectivity index (χ3v) is 4.92. The van der Waals surface area contributed by atoms with Crippen LogP contribution in [-0.4, -0.2) is 23.0 Å². The normalized spacial score (nSPS) is 17.4. The van der Waals surface area contributed by atoms with Gasteiger partial charge in [-0.3, -0.25) is 0 Å². The average molecular weight is 405 g/mol. The molecule has 1 aliphatic rings. The largest absolute Gasteiger partial charge is 0.416 e. The smallest absolute Gasteiger partial charge is 0.346 e. The van der Waals surface area contributed by atoms with Crippen molar-refractivity contribution in [2.75, 3.05) is 12.4 Å². The molecule has 3 rings (SSSR count). The molecule has 0 unspecified atom stereocenters.